The minimum Gasteiger partial charge on any atom is -0.507 e. The molecule has 0 atom stereocenters. The van der Waals surface area contributed by atoms with E-state index in [-0.39, 0.29) is 35.1 Å². The summed E-state index contributed by atoms with van der Waals surface area (Å²) in [5.41, 5.74) is 2.92. The van der Waals surface area contributed by atoms with Crippen molar-refractivity contribution in [3.05, 3.63) is 40.7 Å². The highest BCUT2D eigenvalue weighted by Crippen LogP contribution is 2.46. The van der Waals surface area contributed by atoms with Crippen molar-refractivity contribution in [2.75, 3.05) is 11.9 Å². The lowest BCUT2D eigenvalue weighted by Crippen LogP contribution is -2.21. The van der Waals surface area contributed by atoms with E-state index in [0.717, 1.165) is 18.4 Å². The third-order valence-electron chi connectivity index (χ3n) is 4.53. The number of anilines is 1. The van der Waals surface area contributed by atoms with E-state index in [4.69, 9.17) is 0 Å². The van der Waals surface area contributed by atoms with Crippen LogP contribution in [0.15, 0.2) is 18.2 Å². The van der Waals surface area contributed by atoms with Crippen LogP contribution in [0.1, 0.15) is 30.0 Å². The van der Waals surface area contributed by atoms with Gasteiger partial charge in [-0.05, 0) is 53.8 Å². The van der Waals surface area contributed by atoms with Crippen molar-refractivity contribution >= 4 is 11.6 Å². The summed E-state index contributed by atoms with van der Waals surface area (Å²) in [5, 5.41) is 20.9. The molecule has 1 aliphatic rings. The second-order valence-corrected chi connectivity index (χ2v) is 6.27. The summed E-state index contributed by atoms with van der Waals surface area (Å²) >= 11 is 0. The van der Waals surface area contributed by atoms with Gasteiger partial charge in [-0.2, -0.15) is 0 Å². The van der Waals surface area contributed by atoms with Crippen LogP contribution in [-0.2, 0) is 17.6 Å². The lowest BCUT2D eigenvalue weighted by atomic mass is 9.90. The largest absolute Gasteiger partial charge is 0.507 e. The molecule has 0 saturated carbocycles. The Bertz CT molecular complexity index is 822. The Morgan fingerprint density at radius 1 is 1.17 bits per heavy atom. The lowest BCUT2D eigenvalue weighted by Gasteiger charge is -2.18. The van der Waals surface area contributed by atoms with Gasteiger partial charge >= 0.3 is 0 Å². The zero-order valence-corrected chi connectivity index (χ0v) is 14.0. The molecule has 5 heteroatoms. The number of aryl methyl sites for hydroxylation is 2. The van der Waals surface area contributed by atoms with E-state index >= 15 is 0 Å². The van der Waals surface area contributed by atoms with Gasteiger partial charge in [-0.1, -0.05) is 13.3 Å². The van der Waals surface area contributed by atoms with Crippen LogP contribution in [0.5, 0.6) is 11.5 Å². The Kier molecular flexibility index (Phi) is 3.95. The predicted molar refractivity (Wildman–Crippen MR) is 91.0 cm³/mol. The van der Waals surface area contributed by atoms with Crippen molar-refractivity contribution in [1.82, 2.24) is 0 Å². The van der Waals surface area contributed by atoms with E-state index in [0.29, 0.717) is 16.7 Å². The number of hydrogen-bond donors (Lipinski definition) is 2. The smallest absolute Gasteiger partial charge is 0.231 e. The van der Waals surface area contributed by atoms with Crippen LogP contribution in [-0.4, -0.2) is 23.2 Å². The van der Waals surface area contributed by atoms with Gasteiger partial charge in [0.2, 0.25) is 5.91 Å². The van der Waals surface area contributed by atoms with Crippen LogP contribution >= 0.6 is 0 Å². The zero-order chi connectivity index (χ0) is 17.6. The molecule has 0 saturated heterocycles. The van der Waals surface area contributed by atoms with Gasteiger partial charge in [0.1, 0.15) is 17.3 Å². The number of aromatic hydroxyl groups is 2. The Balaban J connectivity index is 2.28. The number of benzene rings is 2. The zero-order valence-electron chi connectivity index (χ0n) is 14.0. The van der Waals surface area contributed by atoms with Crippen molar-refractivity contribution < 1.29 is 19.4 Å². The Hall–Kier alpha value is -2.56. The Morgan fingerprint density at radius 3 is 2.38 bits per heavy atom. The summed E-state index contributed by atoms with van der Waals surface area (Å²) in [6, 6.07) is 4.57. The third-order valence-corrected chi connectivity index (χ3v) is 4.53. The first-order valence-corrected chi connectivity index (χ1v) is 7.98. The van der Waals surface area contributed by atoms with Gasteiger partial charge in [0.05, 0.1) is 17.7 Å². The first-order valence-electron chi connectivity index (χ1n) is 7.98. The Morgan fingerprint density at radius 2 is 1.79 bits per heavy atom. The molecule has 0 unspecified atom stereocenters. The summed E-state index contributed by atoms with van der Waals surface area (Å²) in [7, 11) is 1.53. The fourth-order valence-corrected chi connectivity index (χ4v) is 3.47. The molecule has 1 heterocycles. The standard InChI is InChI=1S/C19H20FNO3/c1-4-5-11-7-14(22)18(15(23)8-11)17-10(2)6-13(20)19-12(17)9-16(24)21(19)3/h6-8,22-23H,4-5,9H2,1-3H3. The molecule has 2 aromatic rings. The molecular formula is C19H20FNO3. The number of likely N-dealkylation sites (N-methyl/N-ethyl adjacent to an activating group) is 1. The molecule has 0 spiro atoms. The maximum atomic E-state index is 14.3. The number of hydrogen-bond acceptors (Lipinski definition) is 3. The molecule has 24 heavy (non-hydrogen) atoms. The van der Waals surface area contributed by atoms with Crippen LogP contribution < -0.4 is 4.90 Å². The molecule has 0 aliphatic carbocycles. The molecule has 126 valence electrons. The van der Waals surface area contributed by atoms with Crippen molar-refractivity contribution in [2.45, 2.75) is 33.1 Å². The predicted octanol–water partition coefficient (Wildman–Crippen LogP) is 3.68. The van der Waals surface area contributed by atoms with Crippen LogP contribution in [0.4, 0.5) is 10.1 Å². The van der Waals surface area contributed by atoms with E-state index in [1.165, 1.54) is 18.0 Å². The highest BCUT2D eigenvalue weighted by Gasteiger charge is 2.32. The molecule has 0 bridgehead atoms. The van der Waals surface area contributed by atoms with Crippen molar-refractivity contribution in [3.8, 4) is 22.6 Å². The number of phenolic OH excluding ortho intramolecular Hbond substituents is 2. The number of rotatable bonds is 3. The summed E-state index contributed by atoms with van der Waals surface area (Å²) in [6.45, 7) is 3.72. The second-order valence-electron chi connectivity index (χ2n) is 6.27. The summed E-state index contributed by atoms with van der Waals surface area (Å²) < 4.78 is 14.3. The number of phenols is 2. The molecule has 0 aromatic heterocycles. The number of carbonyl (C=O) groups is 1. The number of fused-ring (bicyclic) bond motifs is 1. The van der Waals surface area contributed by atoms with Crippen molar-refractivity contribution in [1.29, 1.82) is 0 Å². The van der Waals surface area contributed by atoms with Crippen LogP contribution in [0.25, 0.3) is 11.1 Å². The van der Waals surface area contributed by atoms with E-state index in [1.54, 1.807) is 19.1 Å². The fraction of sp³-hybridized carbons (Fsp3) is 0.316. The molecule has 1 aliphatic heterocycles. The Labute approximate surface area is 140 Å². The first-order chi connectivity index (χ1) is 11.3. The van der Waals surface area contributed by atoms with Gasteiger partial charge in [-0.25, -0.2) is 4.39 Å². The highest BCUT2D eigenvalue weighted by molar-refractivity contribution is 6.04. The van der Waals surface area contributed by atoms with E-state index in [1.807, 2.05) is 6.92 Å². The lowest BCUT2D eigenvalue weighted by molar-refractivity contribution is -0.117. The fourth-order valence-electron chi connectivity index (χ4n) is 3.47. The quantitative estimate of drug-likeness (QED) is 0.903. The summed E-state index contributed by atoms with van der Waals surface area (Å²) in [4.78, 5) is 13.3. The molecule has 4 nitrogen and oxygen atoms in total. The molecular weight excluding hydrogens is 309 g/mol. The maximum absolute atomic E-state index is 14.3. The number of amides is 1. The van der Waals surface area contributed by atoms with Gasteiger partial charge in [-0.15, -0.1) is 0 Å². The van der Waals surface area contributed by atoms with Gasteiger partial charge in [0, 0.05) is 7.05 Å². The summed E-state index contributed by atoms with van der Waals surface area (Å²) in [5.74, 6) is -0.798. The molecule has 1 amide bonds. The third kappa shape index (κ3) is 2.40. The van der Waals surface area contributed by atoms with Crippen molar-refractivity contribution in [2.24, 2.45) is 0 Å². The molecule has 2 aromatic carbocycles. The van der Waals surface area contributed by atoms with Crippen LogP contribution in [0, 0.1) is 12.7 Å². The van der Waals surface area contributed by atoms with Crippen LogP contribution in [0.2, 0.25) is 0 Å². The van der Waals surface area contributed by atoms with Gasteiger partial charge in [0.15, 0.2) is 0 Å². The molecule has 0 fully saturated rings. The molecule has 2 N–H and O–H groups in total. The summed E-state index contributed by atoms with van der Waals surface area (Å²) in [6.07, 6.45) is 1.68. The average molecular weight is 329 g/mol. The second kappa shape index (κ2) is 5.82. The van der Waals surface area contributed by atoms with E-state index in [2.05, 4.69) is 0 Å². The average Bonchev–Trinajstić information content (AvgIpc) is 2.78. The highest BCUT2D eigenvalue weighted by atomic mass is 19.1. The topological polar surface area (TPSA) is 60.8 Å². The van der Waals surface area contributed by atoms with Gasteiger partial charge in [0.25, 0.3) is 0 Å². The number of nitrogens with zero attached hydrogens (tertiary/aromatic N) is 1. The molecule has 3 rings (SSSR count). The SMILES string of the molecule is CCCc1cc(O)c(-c2c(C)cc(F)c3c2CC(=O)N3C)c(O)c1. The minimum atomic E-state index is -0.471. The van der Waals surface area contributed by atoms with E-state index < -0.39 is 5.82 Å². The van der Waals surface area contributed by atoms with Gasteiger partial charge < -0.3 is 15.1 Å². The number of halogens is 1. The van der Waals surface area contributed by atoms with Gasteiger partial charge in [-0.3, -0.25) is 4.79 Å². The van der Waals surface area contributed by atoms with Crippen molar-refractivity contribution in [3.63, 3.8) is 0 Å². The number of carbonyl (C=O) groups excluding carboxylic acids is 1. The molecule has 0 radical (unpaired) electrons. The van der Waals surface area contributed by atoms with E-state index in [9.17, 15) is 19.4 Å². The first kappa shape index (κ1) is 16.3. The maximum Gasteiger partial charge on any atom is 0.231 e. The monoisotopic (exact) mass is 329 g/mol. The van der Waals surface area contributed by atoms with Crippen LogP contribution in [0.3, 0.4) is 0 Å². The minimum absolute atomic E-state index is 0.0510. The normalized spacial score (nSPS) is 13.5.